The summed E-state index contributed by atoms with van der Waals surface area (Å²) >= 11 is 0. The molecule has 0 aliphatic carbocycles. The number of nitrogens with zero attached hydrogens (tertiary/aromatic N) is 3. The average Bonchev–Trinajstić information content (AvgIpc) is 2.59. The van der Waals surface area contributed by atoms with Crippen LogP contribution in [0.15, 0.2) is 12.3 Å². The number of methoxy groups -OCH3 is 1. The molecule has 2 heterocycles. The van der Waals surface area contributed by atoms with Crippen LogP contribution in [0.2, 0.25) is 0 Å². The van der Waals surface area contributed by atoms with Gasteiger partial charge in [-0.15, -0.1) is 0 Å². The number of ether oxygens (including phenoxy) is 1. The summed E-state index contributed by atoms with van der Waals surface area (Å²) < 4.78 is 4.97. The van der Waals surface area contributed by atoms with E-state index in [0.29, 0.717) is 31.2 Å². The van der Waals surface area contributed by atoms with Crippen LogP contribution in [-0.2, 0) is 4.74 Å². The first-order chi connectivity index (χ1) is 11.5. The molecule has 0 unspecified atom stereocenters. The van der Waals surface area contributed by atoms with Gasteiger partial charge in [0.05, 0.1) is 6.61 Å². The summed E-state index contributed by atoms with van der Waals surface area (Å²) in [7, 11) is 1.57. The highest BCUT2D eigenvalue weighted by molar-refractivity contribution is 5.75. The number of hydrogen-bond acceptors (Lipinski definition) is 5. The zero-order valence-electron chi connectivity index (χ0n) is 14.3. The van der Waals surface area contributed by atoms with Gasteiger partial charge < -0.3 is 19.6 Å². The maximum absolute atomic E-state index is 11.3. The van der Waals surface area contributed by atoms with E-state index in [4.69, 9.17) is 4.74 Å². The largest absolute Gasteiger partial charge is 0.465 e. The van der Waals surface area contributed by atoms with E-state index in [1.807, 2.05) is 13.0 Å². The highest BCUT2D eigenvalue weighted by Gasteiger charge is 2.24. The normalized spacial score (nSPS) is 15.3. The van der Waals surface area contributed by atoms with E-state index in [9.17, 15) is 14.7 Å². The minimum atomic E-state index is -0.892. The number of piperidine rings is 1. The number of rotatable bonds is 7. The Hall–Kier alpha value is -2.15. The number of hydrogen-bond donors (Lipinski definition) is 1. The number of anilines is 1. The molecule has 1 saturated heterocycles. The number of pyridine rings is 1. The van der Waals surface area contributed by atoms with E-state index in [1.165, 1.54) is 4.90 Å². The van der Waals surface area contributed by atoms with Crippen LogP contribution in [-0.4, -0.2) is 67.3 Å². The van der Waals surface area contributed by atoms with Crippen LogP contribution in [0.1, 0.15) is 28.8 Å². The van der Waals surface area contributed by atoms with Crippen LogP contribution in [0.3, 0.4) is 0 Å². The quantitative estimate of drug-likeness (QED) is 0.768. The molecule has 0 atom stereocenters. The molecule has 24 heavy (non-hydrogen) atoms. The molecule has 7 heteroatoms. The summed E-state index contributed by atoms with van der Waals surface area (Å²) in [5.74, 6) is 1.26. The van der Waals surface area contributed by atoms with Crippen molar-refractivity contribution in [2.24, 2.45) is 5.92 Å². The van der Waals surface area contributed by atoms with Gasteiger partial charge >= 0.3 is 6.09 Å². The van der Waals surface area contributed by atoms with E-state index < -0.39 is 6.09 Å². The number of amides is 1. The Labute approximate surface area is 142 Å². The van der Waals surface area contributed by atoms with Crippen LogP contribution in [0, 0.1) is 12.8 Å². The summed E-state index contributed by atoms with van der Waals surface area (Å²) in [5.41, 5.74) is 1.58. The zero-order valence-corrected chi connectivity index (χ0v) is 14.3. The smallest absolute Gasteiger partial charge is 0.407 e. The van der Waals surface area contributed by atoms with Gasteiger partial charge in [-0.05, 0) is 37.3 Å². The van der Waals surface area contributed by atoms with Crippen molar-refractivity contribution in [3.63, 3.8) is 0 Å². The lowest BCUT2D eigenvalue weighted by molar-refractivity contribution is 0.107. The van der Waals surface area contributed by atoms with Crippen molar-refractivity contribution in [3.8, 4) is 0 Å². The molecule has 132 valence electrons. The molecule has 1 aromatic heterocycles. The highest BCUT2D eigenvalue weighted by Crippen LogP contribution is 2.25. The lowest BCUT2D eigenvalue weighted by Gasteiger charge is -2.35. The van der Waals surface area contributed by atoms with Gasteiger partial charge in [-0.2, -0.15) is 0 Å². The van der Waals surface area contributed by atoms with Crippen molar-refractivity contribution in [1.82, 2.24) is 9.88 Å². The second kappa shape index (κ2) is 8.63. The predicted octanol–water partition coefficient (Wildman–Crippen LogP) is 2.05. The summed E-state index contributed by atoms with van der Waals surface area (Å²) in [5, 5.41) is 9.27. The first-order valence-corrected chi connectivity index (χ1v) is 8.18. The van der Waals surface area contributed by atoms with Gasteiger partial charge in [0.15, 0.2) is 6.29 Å². The summed E-state index contributed by atoms with van der Waals surface area (Å²) in [4.78, 5) is 30.1. The molecule has 1 amide bonds. The first-order valence-electron chi connectivity index (χ1n) is 8.18. The number of carbonyl (C=O) groups excluding carboxylic acids is 1. The molecule has 0 radical (unpaired) electrons. The van der Waals surface area contributed by atoms with Crippen molar-refractivity contribution >= 4 is 18.2 Å². The number of aldehydes is 1. The number of carbonyl (C=O) groups is 2. The van der Waals surface area contributed by atoms with Crippen molar-refractivity contribution in [2.75, 3.05) is 44.8 Å². The van der Waals surface area contributed by atoms with E-state index in [-0.39, 0.29) is 0 Å². The maximum Gasteiger partial charge on any atom is 0.407 e. The van der Waals surface area contributed by atoms with Crippen LogP contribution < -0.4 is 4.90 Å². The second-order valence-corrected chi connectivity index (χ2v) is 6.18. The molecule has 1 fully saturated rings. The van der Waals surface area contributed by atoms with Gasteiger partial charge in [-0.25, -0.2) is 9.78 Å². The lowest BCUT2D eigenvalue weighted by atomic mass is 9.96. The van der Waals surface area contributed by atoms with Crippen LogP contribution in [0.4, 0.5) is 10.6 Å². The monoisotopic (exact) mass is 335 g/mol. The molecule has 7 nitrogen and oxygen atoms in total. The Morgan fingerprint density at radius 1 is 1.50 bits per heavy atom. The minimum Gasteiger partial charge on any atom is -0.465 e. The van der Waals surface area contributed by atoms with Gasteiger partial charge in [-0.3, -0.25) is 4.79 Å². The van der Waals surface area contributed by atoms with Gasteiger partial charge in [0.2, 0.25) is 0 Å². The Morgan fingerprint density at radius 2 is 2.21 bits per heavy atom. The van der Waals surface area contributed by atoms with Gasteiger partial charge in [0.1, 0.15) is 5.82 Å². The molecule has 1 aliphatic rings. The van der Waals surface area contributed by atoms with Crippen molar-refractivity contribution in [1.29, 1.82) is 0 Å². The predicted molar refractivity (Wildman–Crippen MR) is 90.8 cm³/mol. The molecule has 1 aromatic rings. The zero-order chi connectivity index (χ0) is 17.5. The minimum absolute atomic E-state index is 0.351. The Balaban J connectivity index is 1.91. The van der Waals surface area contributed by atoms with Gasteiger partial charge in [0, 0.05) is 45.0 Å². The summed E-state index contributed by atoms with van der Waals surface area (Å²) in [6.45, 7) is 5.01. The number of carboxylic acid groups (broad SMARTS) is 1. The first kappa shape index (κ1) is 18.2. The SMILES string of the molecule is COCCN(CC1CCN(c2ncc(C=O)cc2C)CC1)C(=O)O. The average molecular weight is 335 g/mol. The van der Waals surface area contributed by atoms with E-state index in [2.05, 4.69) is 9.88 Å². The topological polar surface area (TPSA) is 83.0 Å². The molecular weight excluding hydrogens is 310 g/mol. The molecule has 0 saturated carbocycles. The fourth-order valence-corrected chi connectivity index (χ4v) is 3.09. The molecular formula is C17H25N3O4. The highest BCUT2D eigenvalue weighted by atomic mass is 16.5. The van der Waals surface area contributed by atoms with E-state index in [0.717, 1.165) is 43.6 Å². The standard InChI is InChI=1S/C17H25N3O4/c1-13-9-15(12-21)10-18-16(13)19-5-3-14(4-6-19)11-20(17(22)23)7-8-24-2/h9-10,12,14H,3-8,11H2,1-2H3,(H,22,23). The third-order valence-electron chi connectivity index (χ3n) is 4.44. The second-order valence-electron chi connectivity index (χ2n) is 6.18. The Bertz CT molecular complexity index is 571. The van der Waals surface area contributed by atoms with Crippen molar-refractivity contribution in [2.45, 2.75) is 19.8 Å². The molecule has 0 spiro atoms. The van der Waals surface area contributed by atoms with Crippen LogP contribution in [0.5, 0.6) is 0 Å². The van der Waals surface area contributed by atoms with Crippen LogP contribution >= 0.6 is 0 Å². The molecule has 0 bridgehead atoms. The van der Waals surface area contributed by atoms with Gasteiger partial charge in [0.25, 0.3) is 0 Å². The third kappa shape index (κ3) is 4.67. The third-order valence-corrected chi connectivity index (χ3v) is 4.44. The Kier molecular flexibility index (Phi) is 6.54. The summed E-state index contributed by atoms with van der Waals surface area (Å²) in [6.07, 6.45) is 3.35. The van der Waals surface area contributed by atoms with E-state index >= 15 is 0 Å². The Morgan fingerprint density at radius 3 is 2.75 bits per heavy atom. The van der Waals surface area contributed by atoms with Crippen molar-refractivity contribution in [3.05, 3.63) is 23.4 Å². The number of aryl methyl sites for hydroxylation is 1. The lowest BCUT2D eigenvalue weighted by Crippen LogP contribution is -2.42. The molecule has 1 N–H and O–H groups in total. The number of aromatic nitrogens is 1. The van der Waals surface area contributed by atoms with Crippen LogP contribution in [0.25, 0.3) is 0 Å². The van der Waals surface area contributed by atoms with Crippen molar-refractivity contribution < 1.29 is 19.4 Å². The van der Waals surface area contributed by atoms with Gasteiger partial charge in [-0.1, -0.05) is 0 Å². The molecule has 0 aromatic carbocycles. The molecule has 1 aliphatic heterocycles. The summed E-state index contributed by atoms with van der Waals surface area (Å²) in [6, 6.07) is 1.85. The van der Waals surface area contributed by atoms with E-state index in [1.54, 1.807) is 13.3 Å². The fraction of sp³-hybridized carbons (Fsp3) is 0.588. The maximum atomic E-state index is 11.3. The molecule has 2 rings (SSSR count). The fourth-order valence-electron chi connectivity index (χ4n) is 3.09.